The van der Waals surface area contributed by atoms with Crippen molar-refractivity contribution in [1.82, 2.24) is 15.1 Å². The fourth-order valence-electron chi connectivity index (χ4n) is 2.53. The summed E-state index contributed by atoms with van der Waals surface area (Å²) in [5.74, 6) is 1.02. The minimum Gasteiger partial charge on any atom is -0.493 e. The number of ether oxygens (including phenoxy) is 1. The molecule has 1 N–H and O–H groups in total. The lowest BCUT2D eigenvalue weighted by atomic mass is 10.0. The van der Waals surface area contributed by atoms with Crippen LogP contribution in [0.1, 0.15) is 23.7 Å². The van der Waals surface area contributed by atoms with Crippen molar-refractivity contribution in [2.24, 2.45) is 7.05 Å². The van der Waals surface area contributed by atoms with E-state index in [0.29, 0.717) is 6.04 Å². The van der Waals surface area contributed by atoms with Gasteiger partial charge in [-0.25, -0.2) is 0 Å². The molecule has 4 heteroatoms. The first kappa shape index (κ1) is 12.2. The van der Waals surface area contributed by atoms with Crippen LogP contribution >= 0.6 is 0 Å². The molecule has 0 bridgehead atoms. The number of hydrogen-bond acceptors (Lipinski definition) is 3. The Morgan fingerprint density at radius 1 is 1.37 bits per heavy atom. The first-order valence-corrected chi connectivity index (χ1v) is 6.76. The van der Waals surface area contributed by atoms with E-state index in [4.69, 9.17) is 4.74 Å². The van der Waals surface area contributed by atoms with Crippen molar-refractivity contribution in [2.45, 2.75) is 18.9 Å². The molecule has 1 aromatic carbocycles. The molecule has 1 aliphatic rings. The summed E-state index contributed by atoms with van der Waals surface area (Å²) in [6.45, 7) is 1.73. The van der Waals surface area contributed by atoms with E-state index in [1.54, 1.807) is 0 Å². The van der Waals surface area contributed by atoms with Crippen molar-refractivity contribution in [3.63, 3.8) is 0 Å². The van der Waals surface area contributed by atoms with E-state index in [0.717, 1.165) is 37.4 Å². The lowest BCUT2D eigenvalue weighted by Crippen LogP contribution is -2.28. The minimum atomic E-state index is 0.397. The van der Waals surface area contributed by atoms with Crippen LogP contribution in [0.25, 0.3) is 0 Å². The number of aryl methyl sites for hydroxylation is 1. The Morgan fingerprint density at radius 3 is 3.11 bits per heavy atom. The zero-order chi connectivity index (χ0) is 13.1. The Kier molecular flexibility index (Phi) is 3.51. The van der Waals surface area contributed by atoms with Gasteiger partial charge in [-0.1, -0.05) is 18.2 Å². The average molecular weight is 257 g/mol. The molecule has 1 aromatic heterocycles. The molecule has 1 atom stereocenters. The van der Waals surface area contributed by atoms with Crippen LogP contribution in [0.2, 0.25) is 0 Å². The Labute approximate surface area is 113 Å². The zero-order valence-electron chi connectivity index (χ0n) is 11.2. The first-order valence-electron chi connectivity index (χ1n) is 6.76. The summed E-state index contributed by atoms with van der Waals surface area (Å²) < 4.78 is 7.51. The Bertz CT molecular complexity index is 550. The molecule has 100 valence electrons. The molecule has 0 radical (unpaired) electrons. The molecule has 1 aliphatic heterocycles. The van der Waals surface area contributed by atoms with Gasteiger partial charge in [0.15, 0.2) is 0 Å². The van der Waals surface area contributed by atoms with Crippen LogP contribution < -0.4 is 10.1 Å². The van der Waals surface area contributed by atoms with Gasteiger partial charge in [0.2, 0.25) is 0 Å². The number of rotatable bonds is 4. The molecule has 19 heavy (non-hydrogen) atoms. The van der Waals surface area contributed by atoms with E-state index >= 15 is 0 Å². The standard InChI is InChI=1S/C15H19N3O/c1-18-10-7-12(17-18)6-9-16-14-8-11-19-15-5-3-2-4-13(14)15/h2-5,7,10,14,16H,6,8-9,11H2,1H3. The van der Waals surface area contributed by atoms with E-state index in [1.165, 1.54) is 5.56 Å². The summed E-state index contributed by atoms with van der Waals surface area (Å²) in [5.41, 5.74) is 2.41. The minimum absolute atomic E-state index is 0.397. The summed E-state index contributed by atoms with van der Waals surface area (Å²) in [7, 11) is 1.95. The van der Waals surface area contributed by atoms with Crippen LogP contribution in [0.4, 0.5) is 0 Å². The van der Waals surface area contributed by atoms with Gasteiger partial charge in [0, 0.05) is 44.2 Å². The quantitative estimate of drug-likeness (QED) is 0.911. The van der Waals surface area contributed by atoms with Crippen molar-refractivity contribution < 1.29 is 4.74 Å². The highest BCUT2D eigenvalue weighted by molar-refractivity contribution is 5.37. The van der Waals surface area contributed by atoms with Crippen LogP contribution in [0.5, 0.6) is 5.75 Å². The number of benzene rings is 1. The Hall–Kier alpha value is -1.81. The third-order valence-electron chi connectivity index (χ3n) is 3.50. The molecule has 0 amide bonds. The van der Waals surface area contributed by atoms with Gasteiger partial charge in [-0.2, -0.15) is 5.10 Å². The monoisotopic (exact) mass is 257 g/mol. The molecular weight excluding hydrogens is 238 g/mol. The molecule has 2 aromatic rings. The van der Waals surface area contributed by atoms with Gasteiger partial charge in [0.05, 0.1) is 12.3 Å². The van der Waals surface area contributed by atoms with E-state index in [9.17, 15) is 0 Å². The van der Waals surface area contributed by atoms with Crippen molar-refractivity contribution in [1.29, 1.82) is 0 Å². The topological polar surface area (TPSA) is 39.1 Å². The first-order chi connectivity index (χ1) is 9.33. The lowest BCUT2D eigenvalue weighted by Gasteiger charge is -2.26. The molecular formula is C15H19N3O. The summed E-state index contributed by atoms with van der Waals surface area (Å²) in [6, 6.07) is 10.7. The summed E-state index contributed by atoms with van der Waals surface area (Å²) >= 11 is 0. The number of nitrogens with one attached hydrogen (secondary N) is 1. The molecule has 0 aliphatic carbocycles. The summed E-state index contributed by atoms with van der Waals surface area (Å²) in [4.78, 5) is 0. The largest absolute Gasteiger partial charge is 0.493 e. The van der Waals surface area contributed by atoms with Gasteiger partial charge >= 0.3 is 0 Å². The third-order valence-corrected chi connectivity index (χ3v) is 3.50. The highest BCUT2D eigenvalue weighted by atomic mass is 16.5. The van der Waals surface area contributed by atoms with Crippen LogP contribution in [0.15, 0.2) is 36.5 Å². The molecule has 0 saturated carbocycles. The maximum absolute atomic E-state index is 5.67. The molecule has 0 spiro atoms. The van der Waals surface area contributed by atoms with Gasteiger partial charge in [-0.05, 0) is 12.1 Å². The van der Waals surface area contributed by atoms with Crippen LogP contribution in [-0.4, -0.2) is 22.9 Å². The second-order valence-corrected chi connectivity index (χ2v) is 4.91. The van der Waals surface area contributed by atoms with Gasteiger partial charge in [-0.3, -0.25) is 4.68 Å². The molecule has 4 nitrogen and oxygen atoms in total. The highest BCUT2D eigenvalue weighted by Gasteiger charge is 2.19. The van der Waals surface area contributed by atoms with Crippen molar-refractivity contribution in [3.05, 3.63) is 47.8 Å². The number of hydrogen-bond donors (Lipinski definition) is 1. The van der Waals surface area contributed by atoms with Gasteiger partial charge in [0.25, 0.3) is 0 Å². The van der Waals surface area contributed by atoms with Gasteiger partial charge in [0.1, 0.15) is 5.75 Å². The third kappa shape index (κ3) is 2.79. The molecule has 3 rings (SSSR count). The number of aromatic nitrogens is 2. The zero-order valence-corrected chi connectivity index (χ0v) is 11.2. The predicted octanol–water partition coefficient (Wildman–Crippen LogP) is 2.08. The Balaban J connectivity index is 1.59. The summed E-state index contributed by atoms with van der Waals surface area (Å²) in [6.07, 6.45) is 3.97. The number of nitrogens with zero attached hydrogens (tertiary/aromatic N) is 2. The van der Waals surface area contributed by atoms with Crippen LogP contribution in [-0.2, 0) is 13.5 Å². The van der Waals surface area contributed by atoms with E-state index in [2.05, 4.69) is 28.6 Å². The Morgan fingerprint density at radius 2 is 2.26 bits per heavy atom. The molecule has 2 heterocycles. The lowest BCUT2D eigenvalue weighted by molar-refractivity contribution is 0.253. The van der Waals surface area contributed by atoms with Gasteiger partial charge < -0.3 is 10.1 Å². The average Bonchev–Trinajstić information content (AvgIpc) is 2.85. The SMILES string of the molecule is Cn1ccc(CCNC2CCOc3ccccc32)n1. The molecule has 0 fully saturated rings. The normalized spacial score (nSPS) is 17.8. The fourth-order valence-corrected chi connectivity index (χ4v) is 2.53. The van der Waals surface area contributed by atoms with Crippen molar-refractivity contribution >= 4 is 0 Å². The maximum Gasteiger partial charge on any atom is 0.124 e. The van der Waals surface area contributed by atoms with E-state index in [1.807, 2.05) is 30.1 Å². The number of fused-ring (bicyclic) bond motifs is 1. The molecule has 0 saturated heterocycles. The smallest absolute Gasteiger partial charge is 0.124 e. The second-order valence-electron chi connectivity index (χ2n) is 4.91. The van der Waals surface area contributed by atoms with E-state index < -0.39 is 0 Å². The number of para-hydroxylation sites is 1. The second kappa shape index (κ2) is 5.45. The van der Waals surface area contributed by atoms with Crippen molar-refractivity contribution in [2.75, 3.05) is 13.2 Å². The molecule has 1 unspecified atom stereocenters. The van der Waals surface area contributed by atoms with Crippen LogP contribution in [0.3, 0.4) is 0 Å². The fraction of sp³-hybridized carbons (Fsp3) is 0.400. The highest BCUT2D eigenvalue weighted by Crippen LogP contribution is 2.31. The maximum atomic E-state index is 5.67. The van der Waals surface area contributed by atoms with Crippen molar-refractivity contribution in [3.8, 4) is 5.75 Å². The summed E-state index contributed by atoms with van der Waals surface area (Å²) in [5, 5.41) is 8.00. The van der Waals surface area contributed by atoms with Gasteiger partial charge in [-0.15, -0.1) is 0 Å². The predicted molar refractivity (Wildman–Crippen MR) is 74.2 cm³/mol. The van der Waals surface area contributed by atoms with Crippen LogP contribution in [0, 0.1) is 0 Å². The van der Waals surface area contributed by atoms with E-state index in [-0.39, 0.29) is 0 Å².